The molecule has 0 bridgehead atoms. The van der Waals surface area contributed by atoms with Crippen LogP contribution in [0.4, 0.5) is 13.2 Å². The summed E-state index contributed by atoms with van der Waals surface area (Å²) in [5.41, 5.74) is 0.851. The van der Waals surface area contributed by atoms with E-state index >= 15 is 0 Å². The van der Waals surface area contributed by atoms with E-state index in [4.69, 9.17) is 9.73 Å². The first-order valence-electron chi connectivity index (χ1n) is 7.25. The van der Waals surface area contributed by atoms with Gasteiger partial charge in [-0.15, -0.1) is 0 Å². The highest BCUT2D eigenvalue weighted by molar-refractivity contribution is 7.92. The van der Waals surface area contributed by atoms with Gasteiger partial charge >= 0.3 is 0 Å². The number of aryl methyl sites for hydroxylation is 1. The lowest BCUT2D eigenvalue weighted by Gasteiger charge is -2.24. The number of carbonyl (C=O) groups excluding carboxylic acids is 1. The molecule has 1 heterocycles. The minimum atomic E-state index is -3.89. The summed E-state index contributed by atoms with van der Waals surface area (Å²) in [5.74, 6) is -5.48. The topological polar surface area (TPSA) is 110 Å². The van der Waals surface area contributed by atoms with Crippen LogP contribution in [0.5, 0.6) is 0 Å². The van der Waals surface area contributed by atoms with Crippen molar-refractivity contribution in [2.45, 2.75) is 24.5 Å². The first-order chi connectivity index (χ1) is 12.0. The maximum Gasteiger partial charge on any atom is 0.264 e. The molecule has 1 amide bonds. The number of hydrogen-bond donors (Lipinski definition) is 2. The molecule has 1 aromatic carbocycles. The van der Waals surface area contributed by atoms with Gasteiger partial charge in [-0.2, -0.15) is 0 Å². The van der Waals surface area contributed by atoms with Crippen molar-refractivity contribution in [3.05, 3.63) is 41.4 Å². The van der Waals surface area contributed by atoms with E-state index in [9.17, 15) is 26.4 Å². The zero-order chi connectivity index (χ0) is 19.7. The van der Waals surface area contributed by atoms with E-state index in [0.717, 1.165) is 25.3 Å². The molecule has 0 aliphatic heterocycles. The molecule has 2 rings (SSSR count). The Morgan fingerprint density at radius 3 is 2.54 bits per heavy atom. The van der Waals surface area contributed by atoms with Gasteiger partial charge < -0.3 is 4.52 Å². The maximum absolute atomic E-state index is 13.8. The van der Waals surface area contributed by atoms with Gasteiger partial charge in [0.15, 0.2) is 27.3 Å². The first-order valence-corrected chi connectivity index (χ1v) is 9.14. The molecule has 0 saturated heterocycles. The summed E-state index contributed by atoms with van der Waals surface area (Å²) in [4.78, 5) is 11.7. The van der Waals surface area contributed by atoms with E-state index in [1.165, 1.54) is 11.5 Å². The average Bonchev–Trinajstić information content (AvgIpc) is 3.04. The Hall–Kier alpha value is -2.40. The fourth-order valence-corrected chi connectivity index (χ4v) is 3.08. The molecular weight excluding hydrogens is 377 g/mol. The van der Waals surface area contributed by atoms with E-state index < -0.39 is 37.9 Å². The second-order valence-corrected chi connectivity index (χ2v) is 8.29. The number of nitrogens with zero attached hydrogens (tertiary/aromatic N) is 1. The van der Waals surface area contributed by atoms with Gasteiger partial charge in [-0.05, 0) is 25.5 Å². The number of rotatable bonds is 6. The number of benzene rings is 1. The lowest BCUT2D eigenvalue weighted by atomic mass is 10.0. The molecule has 26 heavy (non-hydrogen) atoms. The largest absolute Gasteiger partial charge is 0.361 e. The molecular formula is C15H15F3N2O5S. The summed E-state index contributed by atoms with van der Waals surface area (Å²) in [6, 6.07) is 2.93. The Morgan fingerprint density at radius 2 is 1.96 bits per heavy atom. The third kappa shape index (κ3) is 3.58. The van der Waals surface area contributed by atoms with Crippen molar-refractivity contribution in [1.82, 2.24) is 10.6 Å². The fourth-order valence-electron chi connectivity index (χ4n) is 2.23. The zero-order valence-corrected chi connectivity index (χ0v) is 14.5. The first kappa shape index (κ1) is 19.9. The predicted molar refractivity (Wildman–Crippen MR) is 83.3 cm³/mol. The van der Waals surface area contributed by atoms with Crippen molar-refractivity contribution in [2.75, 3.05) is 6.26 Å². The number of hydroxylamine groups is 1. The van der Waals surface area contributed by atoms with Gasteiger partial charge in [0, 0.05) is 24.3 Å². The molecule has 0 aliphatic carbocycles. The summed E-state index contributed by atoms with van der Waals surface area (Å²) in [5, 5.41) is 12.3. The molecule has 0 spiro atoms. The van der Waals surface area contributed by atoms with E-state index in [0.29, 0.717) is 0 Å². The van der Waals surface area contributed by atoms with Crippen molar-refractivity contribution in [1.29, 1.82) is 0 Å². The van der Waals surface area contributed by atoms with Crippen LogP contribution in [0.3, 0.4) is 0 Å². The minimum Gasteiger partial charge on any atom is -0.361 e. The second kappa shape index (κ2) is 7.08. The summed E-state index contributed by atoms with van der Waals surface area (Å²) in [6.45, 7) is 1.13. The van der Waals surface area contributed by atoms with Crippen molar-refractivity contribution in [3.63, 3.8) is 0 Å². The molecule has 2 N–H and O–H groups in total. The van der Waals surface area contributed by atoms with Crippen LogP contribution in [0.15, 0.2) is 22.7 Å². The highest BCUT2D eigenvalue weighted by atomic mass is 32.2. The number of sulfone groups is 1. The molecule has 11 heteroatoms. The van der Waals surface area contributed by atoms with Gasteiger partial charge in [0.2, 0.25) is 0 Å². The molecule has 1 atom stereocenters. The van der Waals surface area contributed by atoms with Crippen LogP contribution in [0.2, 0.25) is 0 Å². The summed E-state index contributed by atoms with van der Waals surface area (Å²) in [7, 11) is -3.89. The Bertz CT molecular complexity index is 945. The van der Waals surface area contributed by atoms with Crippen molar-refractivity contribution >= 4 is 15.7 Å². The summed E-state index contributed by atoms with van der Waals surface area (Å²) in [6.07, 6.45) is 0.465. The molecule has 0 radical (unpaired) electrons. The molecule has 142 valence electrons. The van der Waals surface area contributed by atoms with E-state index in [1.54, 1.807) is 0 Å². The van der Waals surface area contributed by atoms with Gasteiger partial charge in [-0.3, -0.25) is 10.0 Å². The van der Waals surface area contributed by atoms with Gasteiger partial charge in [-0.1, -0.05) is 5.16 Å². The number of aromatic nitrogens is 1. The highest BCUT2D eigenvalue weighted by Crippen LogP contribution is 2.28. The molecule has 1 aromatic heterocycles. The van der Waals surface area contributed by atoms with Crippen LogP contribution in [0.1, 0.15) is 19.1 Å². The molecule has 1 unspecified atom stereocenters. The van der Waals surface area contributed by atoms with E-state index in [1.807, 2.05) is 0 Å². The normalized spacial score (nSPS) is 14.1. The third-order valence-electron chi connectivity index (χ3n) is 4.12. The number of nitrogens with one attached hydrogen (secondary N) is 1. The van der Waals surface area contributed by atoms with Crippen molar-refractivity contribution in [2.24, 2.45) is 0 Å². The molecule has 0 aliphatic rings. The van der Waals surface area contributed by atoms with Crippen LogP contribution in [-0.4, -0.2) is 35.7 Å². The van der Waals surface area contributed by atoms with Crippen LogP contribution >= 0.6 is 0 Å². The van der Waals surface area contributed by atoms with E-state index in [-0.39, 0.29) is 29.9 Å². The maximum atomic E-state index is 13.8. The van der Waals surface area contributed by atoms with Gasteiger partial charge in [-0.25, -0.2) is 27.1 Å². The summed E-state index contributed by atoms with van der Waals surface area (Å²) >= 11 is 0. The van der Waals surface area contributed by atoms with Crippen LogP contribution in [-0.2, 0) is 21.1 Å². The Kier molecular flexibility index (Phi) is 5.42. The Morgan fingerprint density at radius 1 is 1.31 bits per heavy atom. The smallest absolute Gasteiger partial charge is 0.264 e. The molecule has 0 fully saturated rings. The van der Waals surface area contributed by atoms with Gasteiger partial charge in [0.05, 0.1) is 0 Å². The molecule has 0 saturated carbocycles. The Balaban J connectivity index is 2.26. The van der Waals surface area contributed by atoms with Crippen LogP contribution in [0, 0.1) is 17.5 Å². The minimum absolute atomic E-state index is 0.0877. The fraction of sp³-hybridized carbons (Fsp3) is 0.333. The predicted octanol–water partition coefficient (Wildman–Crippen LogP) is 2.00. The molecule has 7 nitrogen and oxygen atoms in total. The second-order valence-electron chi connectivity index (χ2n) is 5.85. The van der Waals surface area contributed by atoms with Crippen molar-refractivity contribution < 1.29 is 36.1 Å². The van der Waals surface area contributed by atoms with Gasteiger partial charge in [0.1, 0.15) is 16.2 Å². The van der Waals surface area contributed by atoms with Crippen LogP contribution in [0.25, 0.3) is 11.3 Å². The summed E-state index contributed by atoms with van der Waals surface area (Å²) < 4.78 is 66.8. The number of carbonyl (C=O) groups is 1. The SMILES string of the molecule is CC(CCc1cc(-c2ccc(F)c(F)c2F)no1)(C(=O)NO)S(C)(=O)=O. The van der Waals surface area contributed by atoms with Crippen LogP contribution < -0.4 is 5.48 Å². The monoisotopic (exact) mass is 392 g/mol. The standard InChI is InChI=1S/C15H15F3N2O5S/c1-15(14(21)19-22,26(2,23)24)6-5-8-7-11(20-25-8)9-3-4-10(16)13(18)12(9)17/h3-4,7,22H,5-6H2,1-2H3,(H,19,21). The Labute approximate surface area is 146 Å². The highest BCUT2D eigenvalue weighted by Gasteiger charge is 2.43. The molecule has 2 aromatic rings. The quantitative estimate of drug-likeness (QED) is 0.442. The van der Waals surface area contributed by atoms with Gasteiger partial charge in [0.25, 0.3) is 5.91 Å². The number of halogens is 3. The lowest BCUT2D eigenvalue weighted by molar-refractivity contribution is -0.131. The van der Waals surface area contributed by atoms with E-state index in [2.05, 4.69) is 5.16 Å². The van der Waals surface area contributed by atoms with Crippen molar-refractivity contribution in [3.8, 4) is 11.3 Å². The lowest BCUT2D eigenvalue weighted by Crippen LogP contribution is -2.49. The number of amides is 1. The third-order valence-corrected chi connectivity index (χ3v) is 6.15. The zero-order valence-electron chi connectivity index (χ0n) is 13.7. The average molecular weight is 392 g/mol. The number of hydrogen-bond acceptors (Lipinski definition) is 6.